The Morgan fingerprint density at radius 2 is 1.85 bits per heavy atom. The van der Waals surface area contributed by atoms with E-state index in [1.165, 1.54) is 20.3 Å². The number of carbonyl (C=O) groups is 1. The molecule has 0 saturated heterocycles. The van der Waals surface area contributed by atoms with Gasteiger partial charge in [0.25, 0.3) is 5.56 Å². The molecule has 0 aliphatic heterocycles. The Labute approximate surface area is 150 Å². The van der Waals surface area contributed by atoms with Crippen molar-refractivity contribution in [2.75, 3.05) is 6.61 Å². The molecule has 1 aromatic heterocycles. The number of nitrogens with zero attached hydrogens (tertiary/aromatic N) is 3. The van der Waals surface area contributed by atoms with Gasteiger partial charge in [-0.05, 0) is 30.7 Å². The Bertz CT molecular complexity index is 939. The second-order valence-electron chi connectivity index (χ2n) is 5.74. The Hall–Kier alpha value is -3.16. The molecule has 0 radical (unpaired) electrons. The second kappa shape index (κ2) is 8.28. The summed E-state index contributed by atoms with van der Waals surface area (Å²) in [7, 11) is 2.67. The minimum Gasteiger partial charge on any atom is -0.494 e. The third-order valence-corrected chi connectivity index (χ3v) is 3.84. The highest BCUT2D eigenvalue weighted by Crippen LogP contribution is 2.15. The van der Waals surface area contributed by atoms with Gasteiger partial charge in [-0.3, -0.25) is 18.9 Å². The Morgan fingerprint density at radius 3 is 2.46 bits per heavy atom. The van der Waals surface area contributed by atoms with Gasteiger partial charge in [0, 0.05) is 20.3 Å². The Balaban J connectivity index is 2.21. The molecule has 0 amide bonds. The number of hydrogen-bond donors (Lipinski definition) is 1. The van der Waals surface area contributed by atoms with E-state index in [2.05, 4.69) is 4.99 Å². The molecule has 2 rings (SSSR count). The van der Waals surface area contributed by atoms with E-state index in [4.69, 9.17) is 4.74 Å². The summed E-state index contributed by atoms with van der Waals surface area (Å²) in [5, 5.41) is 9.98. The number of carbonyl (C=O) groups excluding carboxylic acids is 1. The van der Waals surface area contributed by atoms with E-state index in [1.807, 2.05) is 6.92 Å². The van der Waals surface area contributed by atoms with Crippen LogP contribution in [0.5, 0.6) is 5.88 Å². The van der Waals surface area contributed by atoms with Gasteiger partial charge in [0.15, 0.2) is 0 Å². The van der Waals surface area contributed by atoms with Crippen LogP contribution in [0.15, 0.2) is 38.8 Å². The molecule has 0 spiro atoms. The van der Waals surface area contributed by atoms with Gasteiger partial charge in [-0.15, -0.1) is 0 Å². The maximum atomic E-state index is 12.1. The van der Waals surface area contributed by atoms with Crippen molar-refractivity contribution in [3.63, 3.8) is 0 Å². The van der Waals surface area contributed by atoms with Crippen molar-refractivity contribution in [2.45, 2.75) is 19.8 Å². The van der Waals surface area contributed by atoms with Crippen LogP contribution in [0, 0.1) is 0 Å². The quantitative estimate of drug-likeness (QED) is 0.478. The summed E-state index contributed by atoms with van der Waals surface area (Å²) in [4.78, 5) is 39.8. The fourth-order valence-corrected chi connectivity index (χ4v) is 2.19. The van der Waals surface area contributed by atoms with Crippen molar-refractivity contribution >= 4 is 17.9 Å². The first-order valence-corrected chi connectivity index (χ1v) is 8.17. The van der Waals surface area contributed by atoms with Crippen molar-refractivity contribution in [3.05, 3.63) is 56.2 Å². The zero-order valence-electron chi connectivity index (χ0n) is 14.9. The topological polar surface area (TPSA) is 103 Å². The van der Waals surface area contributed by atoms with Crippen molar-refractivity contribution < 1.29 is 14.6 Å². The molecule has 2 aromatic rings. The highest BCUT2D eigenvalue weighted by Gasteiger charge is 2.13. The lowest BCUT2D eigenvalue weighted by Gasteiger charge is -2.07. The maximum Gasteiger partial charge on any atom is 0.338 e. The van der Waals surface area contributed by atoms with Gasteiger partial charge in [0.05, 0.1) is 17.9 Å². The second-order valence-corrected chi connectivity index (χ2v) is 5.74. The largest absolute Gasteiger partial charge is 0.494 e. The predicted molar refractivity (Wildman–Crippen MR) is 97.5 cm³/mol. The van der Waals surface area contributed by atoms with Crippen molar-refractivity contribution in [2.24, 2.45) is 19.1 Å². The van der Waals surface area contributed by atoms with Gasteiger partial charge in [-0.25, -0.2) is 9.59 Å². The normalized spacial score (nSPS) is 11.0. The molecular formula is C18H21N3O5. The fourth-order valence-electron chi connectivity index (χ4n) is 2.19. The van der Waals surface area contributed by atoms with Crippen molar-refractivity contribution in [1.29, 1.82) is 0 Å². The summed E-state index contributed by atoms with van der Waals surface area (Å²) in [6.07, 6.45) is 2.94. The Kier molecular flexibility index (Phi) is 6.11. The molecule has 0 atom stereocenters. The molecule has 138 valence electrons. The number of benzene rings is 1. The average Bonchev–Trinajstić information content (AvgIpc) is 2.65. The number of aliphatic imine (C=N–C) groups is 1. The zero-order chi connectivity index (χ0) is 19.3. The summed E-state index contributed by atoms with van der Waals surface area (Å²) < 4.78 is 6.96. The number of hydrogen-bond acceptors (Lipinski definition) is 6. The monoisotopic (exact) mass is 359 g/mol. The first-order valence-electron chi connectivity index (χ1n) is 8.17. The molecule has 0 fully saturated rings. The fraction of sp³-hybridized carbons (Fsp3) is 0.333. The molecule has 26 heavy (non-hydrogen) atoms. The number of rotatable bonds is 6. The predicted octanol–water partition coefficient (Wildman–Crippen LogP) is 1.50. The van der Waals surface area contributed by atoms with E-state index in [0.29, 0.717) is 17.9 Å². The van der Waals surface area contributed by atoms with Gasteiger partial charge in [0.1, 0.15) is 5.56 Å². The highest BCUT2D eigenvalue weighted by molar-refractivity contribution is 5.90. The van der Waals surface area contributed by atoms with Crippen LogP contribution in [0.4, 0.5) is 5.69 Å². The summed E-state index contributed by atoms with van der Waals surface area (Å²) in [6.45, 7) is 2.39. The number of esters is 1. The van der Waals surface area contributed by atoms with Crippen molar-refractivity contribution in [3.8, 4) is 5.88 Å². The molecule has 0 unspecified atom stereocenters. The van der Waals surface area contributed by atoms with Crippen LogP contribution >= 0.6 is 0 Å². The van der Waals surface area contributed by atoms with E-state index < -0.39 is 23.1 Å². The standard InChI is InChI=1S/C18H21N3O5/c1-4-5-10-26-17(24)12-6-8-13(9-7-12)19-11-14-15(22)20(2)18(25)21(3)16(14)23/h6-9,11,22H,4-5,10H2,1-3H3. The summed E-state index contributed by atoms with van der Waals surface area (Å²) in [5.74, 6) is -0.864. The molecule has 1 aromatic carbocycles. The number of aromatic nitrogens is 2. The average molecular weight is 359 g/mol. The van der Waals surface area contributed by atoms with Crippen LogP contribution in [0.25, 0.3) is 0 Å². The molecule has 1 heterocycles. The van der Waals surface area contributed by atoms with Crippen LogP contribution < -0.4 is 11.2 Å². The van der Waals surface area contributed by atoms with E-state index in [9.17, 15) is 19.5 Å². The lowest BCUT2D eigenvalue weighted by molar-refractivity contribution is 0.0500. The molecule has 0 aliphatic carbocycles. The smallest absolute Gasteiger partial charge is 0.338 e. The number of ether oxygens (including phenoxy) is 1. The minimum absolute atomic E-state index is 0.0994. The minimum atomic E-state index is -0.648. The summed E-state index contributed by atoms with van der Waals surface area (Å²) in [6, 6.07) is 6.33. The highest BCUT2D eigenvalue weighted by atomic mass is 16.5. The SMILES string of the molecule is CCCCOC(=O)c1ccc(N=Cc2c(O)n(C)c(=O)n(C)c2=O)cc1. The third-order valence-electron chi connectivity index (χ3n) is 3.84. The molecule has 1 N–H and O–H groups in total. The van der Waals surface area contributed by atoms with Gasteiger partial charge in [-0.1, -0.05) is 13.3 Å². The van der Waals surface area contributed by atoms with Gasteiger partial charge >= 0.3 is 11.7 Å². The number of unbranched alkanes of at least 4 members (excludes halogenated alkanes) is 1. The van der Waals surface area contributed by atoms with Crippen LogP contribution in [-0.2, 0) is 18.8 Å². The molecule has 0 bridgehead atoms. The lowest BCUT2D eigenvalue weighted by Crippen LogP contribution is -2.38. The van der Waals surface area contributed by atoms with E-state index in [-0.39, 0.29) is 5.56 Å². The molecular weight excluding hydrogens is 338 g/mol. The van der Waals surface area contributed by atoms with E-state index >= 15 is 0 Å². The maximum absolute atomic E-state index is 12.1. The van der Waals surface area contributed by atoms with E-state index in [1.54, 1.807) is 24.3 Å². The van der Waals surface area contributed by atoms with Gasteiger partial charge in [0.2, 0.25) is 5.88 Å². The summed E-state index contributed by atoms with van der Waals surface area (Å²) >= 11 is 0. The molecule has 8 nitrogen and oxygen atoms in total. The van der Waals surface area contributed by atoms with Gasteiger partial charge < -0.3 is 9.84 Å². The Morgan fingerprint density at radius 1 is 1.19 bits per heavy atom. The molecule has 0 saturated carbocycles. The molecule has 8 heteroatoms. The van der Waals surface area contributed by atoms with Gasteiger partial charge in [-0.2, -0.15) is 0 Å². The summed E-state index contributed by atoms with van der Waals surface area (Å²) in [5.41, 5.74) is -0.495. The zero-order valence-corrected chi connectivity index (χ0v) is 14.9. The first-order chi connectivity index (χ1) is 12.4. The van der Waals surface area contributed by atoms with Crippen LogP contribution in [0.1, 0.15) is 35.7 Å². The lowest BCUT2D eigenvalue weighted by atomic mass is 10.2. The van der Waals surface area contributed by atoms with Crippen LogP contribution in [0.2, 0.25) is 0 Å². The van der Waals surface area contributed by atoms with Crippen LogP contribution in [0.3, 0.4) is 0 Å². The number of aromatic hydroxyl groups is 1. The van der Waals surface area contributed by atoms with Crippen molar-refractivity contribution in [1.82, 2.24) is 9.13 Å². The first kappa shape index (κ1) is 19.2. The molecule has 0 aliphatic rings. The van der Waals surface area contributed by atoms with Crippen LogP contribution in [-0.4, -0.2) is 33.0 Å². The van der Waals surface area contributed by atoms with E-state index in [0.717, 1.165) is 22.0 Å². The third kappa shape index (κ3) is 4.08.